The number of carbonyl (C=O) groups excluding carboxylic acids is 4. The molecule has 4 aliphatic carbocycles. The Balaban J connectivity index is 1.15. The van der Waals surface area contributed by atoms with E-state index in [4.69, 9.17) is 23.7 Å². The zero-order chi connectivity index (χ0) is 35.2. The van der Waals surface area contributed by atoms with Crippen LogP contribution in [-0.4, -0.2) is 56.2 Å². The Morgan fingerprint density at radius 2 is 1.55 bits per heavy atom. The number of ether oxygens (including phenoxy) is 5. The molecule has 266 valence electrons. The third-order valence-corrected chi connectivity index (χ3v) is 12.0. The van der Waals surface area contributed by atoms with Crippen molar-refractivity contribution in [2.24, 2.45) is 34.5 Å². The molecule has 4 aliphatic rings. The molecule has 0 heterocycles. The first kappa shape index (κ1) is 36.4. The van der Waals surface area contributed by atoms with Crippen molar-refractivity contribution >= 4 is 23.7 Å². The zero-order valence-electron chi connectivity index (χ0n) is 29.3. The fourth-order valence-electron chi connectivity index (χ4n) is 9.53. The number of esters is 3. The summed E-state index contributed by atoms with van der Waals surface area (Å²) in [6.07, 6.45) is 13.5. The lowest BCUT2D eigenvalue weighted by Gasteiger charge is -2.58. The number of ketones is 1. The van der Waals surface area contributed by atoms with Gasteiger partial charge < -0.3 is 23.7 Å². The van der Waals surface area contributed by atoms with Gasteiger partial charge in [-0.15, -0.1) is 0 Å². The maximum Gasteiger partial charge on any atom is 0.330 e. The van der Waals surface area contributed by atoms with Gasteiger partial charge in [-0.1, -0.05) is 44.7 Å². The van der Waals surface area contributed by atoms with Crippen molar-refractivity contribution in [2.75, 3.05) is 26.4 Å². The second kappa shape index (κ2) is 15.8. The molecule has 3 fully saturated rings. The quantitative estimate of drug-likeness (QED) is 0.0642. The Bertz CT molecular complexity index is 1460. The van der Waals surface area contributed by atoms with E-state index in [1.54, 1.807) is 19.1 Å². The predicted octanol–water partition coefficient (Wildman–Crippen LogP) is 6.92. The van der Waals surface area contributed by atoms with Crippen molar-refractivity contribution in [3.63, 3.8) is 0 Å². The monoisotopic (exact) mass is 676 g/mol. The maximum atomic E-state index is 13.1. The van der Waals surface area contributed by atoms with Gasteiger partial charge in [-0.2, -0.15) is 0 Å². The van der Waals surface area contributed by atoms with Crippen LogP contribution in [-0.2, 0) is 39.8 Å². The molecule has 0 saturated heterocycles. The molecule has 3 saturated carbocycles. The van der Waals surface area contributed by atoms with Gasteiger partial charge in [0.2, 0.25) is 0 Å². The highest BCUT2D eigenvalue weighted by Gasteiger charge is 2.59. The number of hydrogen-bond acceptors (Lipinski definition) is 9. The van der Waals surface area contributed by atoms with Crippen molar-refractivity contribution < 1.29 is 42.9 Å². The zero-order valence-corrected chi connectivity index (χ0v) is 29.3. The maximum absolute atomic E-state index is 13.1. The molecule has 0 unspecified atom stereocenters. The third-order valence-electron chi connectivity index (χ3n) is 12.0. The average Bonchev–Trinajstić information content (AvgIpc) is 3.45. The smallest absolute Gasteiger partial charge is 0.330 e. The Morgan fingerprint density at radius 1 is 0.857 bits per heavy atom. The van der Waals surface area contributed by atoms with Gasteiger partial charge in [0.15, 0.2) is 11.5 Å². The van der Waals surface area contributed by atoms with E-state index in [-0.39, 0.29) is 61.7 Å². The molecule has 7 atom stereocenters. The number of fused-ring (bicyclic) bond motifs is 5. The average molecular weight is 677 g/mol. The lowest BCUT2D eigenvalue weighted by atomic mass is 9.47. The first-order chi connectivity index (χ1) is 23.5. The van der Waals surface area contributed by atoms with Crippen molar-refractivity contribution in [3.8, 4) is 11.5 Å². The number of allylic oxidation sites excluding steroid dienone is 1. The molecule has 5 rings (SSSR count). The molecular formula is C40H52O9. The van der Waals surface area contributed by atoms with Crippen LogP contribution in [0.15, 0.2) is 55.2 Å². The highest BCUT2D eigenvalue weighted by Crippen LogP contribution is 2.66. The molecule has 0 aliphatic heterocycles. The minimum Gasteiger partial charge on any atom is -0.486 e. The van der Waals surface area contributed by atoms with Crippen LogP contribution in [0, 0.1) is 34.5 Å². The van der Waals surface area contributed by atoms with E-state index in [0.717, 1.165) is 56.2 Å². The van der Waals surface area contributed by atoms with Crippen LogP contribution in [0.5, 0.6) is 11.5 Å². The predicted molar refractivity (Wildman–Crippen MR) is 184 cm³/mol. The first-order valence-electron chi connectivity index (χ1n) is 17.8. The van der Waals surface area contributed by atoms with Gasteiger partial charge in [0, 0.05) is 30.9 Å². The Kier molecular flexibility index (Phi) is 11.7. The molecule has 0 spiro atoms. The molecule has 0 N–H and O–H groups in total. The number of carbonyl (C=O) groups is 4. The van der Waals surface area contributed by atoms with Gasteiger partial charge in [0.25, 0.3) is 0 Å². The molecule has 1 aromatic rings. The number of aryl methyl sites for hydroxylation is 1. The van der Waals surface area contributed by atoms with Crippen LogP contribution >= 0.6 is 0 Å². The van der Waals surface area contributed by atoms with Gasteiger partial charge in [-0.25, -0.2) is 9.59 Å². The van der Waals surface area contributed by atoms with Gasteiger partial charge in [-0.3, -0.25) is 9.59 Å². The van der Waals surface area contributed by atoms with Gasteiger partial charge in [-0.05, 0) is 105 Å². The lowest BCUT2D eigenvalue weighted by molar-refractivity contribution is -0.151. The molecule has 1 aromatic carbocycles. The molecular weight excluding hydrogens is 624 g/mol. The van der Waals surface area contributed by atoms with Crippen LogP contribution in [0.25, 0.3) is 0 Å². The van der Waals surface area contributed by atoms with Gasteiger partial charge in [0.05, 0.1) is 0 Å². The number of rotatable bonds is 15. The molecule has 9 heteroatoms. The van der Waals surface area contributed by atoms with Crippen molar-refractivity contribution in [3.05, 3.63) is 60.7 Å². The molecule has 0 bridgehead atoms. The summed E-state index contributed by atoms with van der Waals surface area (Å²) in [5, 5.41) is 0. The molecule has 0 radical (unpaired) electrons. The molecule has 0 amide bonds. The van der Waals surface area contributed by atoms with Gasteiger partial charge >= 0.3 is 17.9 Å². The van der Waals surface area contributed by atoms with Crippen molar-refractivity contribution in [1.29, 1.82) is 0 Å². The van der Waals surface area contributed by atoms with Crippen molar-refractivity contribution in [2.45, 2.75) is 91.1 Å². The second-order valence-electron chi connectivity index (χ2n) is 14.6. The molecule has 49 heavy (non-hydrogen) atoms. The highest BCUT2D eigenvalue weighted by atomic mass is 16.6. The van der Waals surface area contributed by atoms with Crippen LogP contribution in [0.2, 0.25) is 0 Å². The number of hydrogen-bond donors (Lipinski definition) is 0. The summed E-state index contributed by atoms with van der Waals surface area (Å²) in [4.78, 5) is 48.3. The van der Waals surface area contributed by atoms with E-state index in [9.17, 15) is 19.2 Å². The minimum atomic E-state index is -0.544. The fraction of sp³-hybridized carbons (Fsp3) is 0.600. The summed E-state index contributed by atoms with van der Waals surface area (Å²) in [6.45, 7) is 13.6. The Morgan fingerprint density at radius 3 is 2.22 bits per heavy atom. The van der Waals surface area contributed by atoms with Gasteiger partial charge in [0.1, 0.15) is 38.3 Å². The number of benzene rings is 1. The van der Waals surface area contributed by atoms with Crippen LogP contribution < -0.4 is 9.47 Å². The largest absolute Gasteiger partial charge is 0.486 e. The Hall–Kier alpha value is -3.88. The van der Waals surface area contributed by atoms with E-state index >= 15 is 0 Å². The standard InChI is InChI=1S/C40H52O9/c1-6-36(42)47-22-20-45-34-14-8-27(24-35(34)46-21-23-48-37(43)7-2)9-15-38(44)49-29-16-18-39(4)28(25-29)10-11-30-32-13-12-31(26(3)41)40(32,5)19-17-33(30)39/h6-8,10,14,24,29-33H,1-2,9,11-13,15-23,25H2,3-5H3/t29-,30-,31+,32-,33-,39-,40+/m0/s1. The second-order valence-corrected chi connectivity index (χ2v) is 14.6. The molecule has 0 aromatic heterocycles. The third kappa shape index (κ3) is 8.13. The normalized spacial score (nSPS) is 29.9. The van der Waals surface area contributed by atoms with Crippen LogP contribution in [0.4, 0.5) is 0 Å². The summed E-state index contributed by atoms with van der Waals surface area (Å²) in [7, 11) is 0. The van der Waals surface area contributed by atoms with Crippen LogP contribution in [0.1, 0.15) is 84.1 Å². The summed E-state index contributed by atoms with van der Waals surface area (Å²) in [5.74, 6) is 2.02. The van der Waals surface area contributed by atoms with E-state index in [1.807, 2.05) is 6.07 Å². The van der Waals surface area contributed by atoms with E-state index in [1.165, 1.54) is 18.4 Å². The number of Topliss-reactive ketones (excluding diaryl/α,β-unsaturated/α-hetero) is 1. The summed E-state index contributed by atoms with van der Waals surface area (Å²) in [5.41, 5.74) is 2.60. The molecule has 9 nitrogen and oxygen atoms in total. The van der Waals surface area contributed by atoms with E-state index in [0.29, 0.717) is 41.5 Å². The SMILES string of the molecule is C=CC(=O)OCCOc1ccc(CCC(=O)O[C@H]2CC[C@@]3(C)C(=CC[C@H]4[C@@H]5CC[C@H](C(C)=O)[C@@]5(C)CC[C@@H]43)C2)cc1OCCOC(=O)C=C. The summed E-state index contributed by atoms with van der Waals surface area (Å²) < 4.78 is 27.6. The summed E-state index contributed by atoms with van der Waals surface area (Å²) >= 11 is 0. The van der Waals surface area contributed by atoms with Crippen LogP contribution in [0.3, 0.4) is 0 Å². The topological polar surface area (TPSA) is 114 Å². The summed E-state index contributed by atoms with van der Waals surface area (Å²) in [6, 6.07) is 5.39. The lowest BCUT2D eigenvalue weighted by Crippen LogP contribution is -2.51. The van der Waals surface area contributed by atoms with E-state index in [2.05, 4.69) is 33.1 Å². The fourth-order valence-corrected chi connectivity index (χ4v) is 9.53. The Labute approximate surface area is 290 Å². The first-order valence-corrected chi connectivity index (χ1v) is 17.8. The highest BCUT2D eigenvalue weighted by molar-refractivity contribution is 5.81. The minimum absolute atomic E-state index is 0.0242. The van der Waals surface area contributed by atoms with E-state index < -0.39 is 11.9 Å². The van der Waals surface area contributed by atoms with Crippen molar-refractivity contribution in [1.82, 2.24) is 0 Å².